The summed E-state index contributed by atoms with van der Waals surface area (Å²) in [5.74, 6) is 0. The summed E-state index contributed by atoms with van der Waals surface area (Å²) in [6.45, 7) is 0. The fourth-order valence-corrected chi connectivity index (χ4v) is 3.17. The van der Waals surface area contributed by atoms with Crippen molar-refractivity contribution < 1.29 is 0 Å². The van der Waals surface area contributed by atoms with Crippen molar-refractivity contribution in [1.82, 2.24) is 0 Å². The molecule has 2 heteroatoms. The zero-order valence-electron chi connectivity index (χ0n) is 11.8. The van der Waals surface area contributed by atoms with Gasteiger partial charge in [-0.1, -0.05) is 43.5 Å². The summed E-state index contributed by atoms with van der Waals surface area (Å²) in [6, 6.07) is 19.5. The van der Waals surface area contributed by atoms with E-state index in [1.54, 1.807) is 0 Å². The average molecular weight is 266 g/mol. The maximum atomic E-state index is 5.98. The van der Waals surface area contributed by atoms with Crippen LogP contribution in [-0.4, -0.2) is 6.04 Å². The Bertz CT molecular complexity index is 544. The third-order valence-corrected chi connectivity index (χ3v) is 4.12. The van der Waals surface area contributed by atoms with Gasteiger partial charge in [0, 0.05) is 23.1 Å². The van der Waals surface area contributed by atoms with Crippen LogP contribution < -0.4 is 10.6 Å². The molecule has 20 heavy (non-hydrogen) atoms. The van der Waals surface area contributed by atoms with E-state index in [1.807, 2.05) is 12.1 Å². The van der Waals surface area contributed by atoms with Gasteiger partial charge >= 0.3 is 0 Å². The number of nitrogens with two attached hydrogens (primary N) is 1. The van der Waals surface area contributed by atoms with Gasteiger partial charge in [0.2, 0.25) is 0 Å². The molecule has 0 unspecified atom stereocenters. The Balaban J connectivity index is 1.98. The Morgan fingerprint density at radius 3 is 2.20 bits per heavy atom. The molecule has 104 valence electrons. The zero-order chi connectivity index (χ0) is 13.8. The number of rotatable bonds is 3. The highest BCUT2D eigenvalue weighted by molar-refractivity contribution is 5.67. The second-order valence-corrected chi connectivity index (χ2v) is 5.59. The molecule has 0 atom stereocenters. The number of hydrogen-bond donors (Lipinski definition) is 1. The molecule has 1 aliphatic carbocycles. The van der Waals surface area contributed by atoms with Crippen molar-refractivity contribution in [2.45, 2.75) is 38.1 Å². The Labute approximate surface area is 121 Å². The lowest BCUT2D eigenvalue weighted by Gasteiger charge is -2.36. The second-order valence-electron chi connectivity index (χ2n) is 5.59. The van der Waals surface area contributed by atoms with Crippen molar-refractivity contribution in [1.29, 1.82) is 0 Å². The lowest BCUT2D eigenvalue weighted by atomic mass is 9.93. The second kappa shape index (κ2) is 6.00. The first-order valence-corrected chi connectivity index (χ1v) is 7.54. The van der Waals surface area contributed by atoms with Crippen molar-refractivity contribution in [3.63, 3.8) is 0 Å². The first-order chi connectivity index (χ1) is 9.84. The van der Waals surface area contributed by atoms with Crippen LogP contribution >= 0.6 is 0 Å². The van der Waals surface area contributed by atoms with Crippen molar-refractivity contribution in [2.75, 3.05) is 10.6 Å². The highest BCUT2D eigenvalue weighted by Crippen LogP contribution is 2.34. The monoisotopic (exact) mass is 266 g/mol. The summed E-state index contributed by atoms with van der Waals surface area (Å²) in [5, 5.41) is 0. The predicted octanol–water partition coefficient (Wildman–Crippen LogP) is 4.74. The third-order valence-electron chi connectivity index (χ3n) is 4.12. The molecule has 0 radical (unpaired) electrons. The van der Waals surface area contributed by atoms with Gasteiger partial charge in [0.15, 0.2) is 0 Å². The van der Waals surface area contributed by atoms with E-state index in [0.717, 1.165) is 5.69 Å². The molecule has 1 fully saturated rings. The van der Waals surface area contributed by atoms with Crippen molar-refractivity contribution >= 4 is 17.1 Å². The summed E-state index contributed by atoms with van der Waals surface area (Å²) < 4.78 is 0. The molecule has 0 heterocycles. The fraction of sp³-hybridized carbons (Fsp3) is 0.333. The number of para-hydroxylation sites is 1. The smallest absolute Gasteiger partial charge is 0.0434 e. The molecular formula is C18H22N2. The van der Waals surface area contributed by atoms with Gasteiger partial charge in [-0.25, -0.2) is 0 Å². The van der Waals surface area contributed by atoms with Crippen molar-refractivity contribution in [3.05, 3.63) is 54.6 Å². The van der Waals surface area contributed by atoms with Gasteiger partial charge in [-0.15, -0.1) is 0 Å². The normalized spacial score (nSPS) is 16.0. The summed E-state index contributed by atoms with van der Waals surface area (Å²) >= 11 is 0. The van der Waals surface area contributed by atoms with Gasteiger partial charge in [0.1, 0.15) is 0 Å². The van der Waals surface area contributed by atoms with Crippen LogP contribution in [0.5, 0.6) is 0 Å². The van der Waals surface area contributed by atoms with Gasteiger partial charge < -0.3 is 10.6 Å². The summed E-state index contributed by atoms with van der Waals surface area (Å²) in [6.07, 6.45) is 6.57. The van der Waals surface area contributed by atoms with Crippen LogP contribution in [0, 0.1) is 0 Å². The van der Waals surface area contributed by atoms with Crippen LogP contribution in [0.2, 0.25) is 0 Å². The Morgan fingerprint density at radius 2 is 1.50 bits per heavy atom. The summed E-state index contributed by atoms with van der Waals surface area (Å²) in [5.41, 5.74) is 9.29. The molecule has 2 N–H and O–H groups in total. The van der Waals surface area contributed by atoms with E-state index in [2.05, 4.69) is 47.4 Å². The molecule has 2 nitrogen and oxygen atoms in total. The lowest BCUT2D eigenvalue weighted by Crippen LogP contribution is -2.32. The minimum atomic E-state index is 0.591. The van der Waals surface area contributed by atoms with Crippen LogP contribution in [-0.2, 0) is 0 Å². The first kappa shape index (κ1) is 13.0. The molecule has 0 amide bonds. The molecule has 0 saturated heterocycles. The quantitative estimate of drug-likeness (QED) is 0.813. The van der Waals surface area contributed by atoms with Crippen LogP contribution in [0.4, 0.5) is 17.1 Å². The molecule has 0 aromatic heterocycles. The highest BCUT2D eigenvalue weighted by Gasteiger charge is 2.22. The number of nitrogen functional groups attached to an aromatic ring is 1. The van der Waals surface area contributed by atoms with E-state index in [0.29, 0.717) is 6.04 Å². The fourth-order valence-electron chi connectivity index (χ4n) is 3.17. The van der Waals surface area contributed by atoms with E-state index >= 15 is 0 Å². The van der Waals surface area contributed by atoms with E-state index in [-0.39, 0.29) is 0 Å². The molecule has 2 aromatic rings. The standard InChI is InChI=1S/C18H22N2/c19-15-8-7-13-18(14-15)20(16-9-3-1-4-10-16)17-11-5-2-6-12-17/h1,3-4,7-10,13-14,17H,2,5-6,11-12,19H2. The van der Waals surface area contributed by atoms with Crippen molar-refractivity contribution in [2.24, 2.45) is 0 Å². The maximum Gasteiger partial charge on any atom is 0.0434 e. The number of nitrogens with zero attached hydrogens (tertiary/aromatic N) is 1. The molecule has 1 aliphatic rings. The number of hydrogen-bond acceptors (Lipinski definition) is 2. The van der Waals surface area contributed by atoms with E-state index < -0.39 is 0 Å². The predicted molar refractivity (Wildman–Crippen MR) is 86.3 cm³/mol. The molecule has 1 saturated carbocycles. The van der Waals surface area contributed by atoms with Gasteiger partial charge in [0.05, 0.1) is 0 Å². The minimum Gasteiger partial charge on any atom is -0.399 e. The number of benzene rings is 2. The van der Waals surface area contributed by atoms with E-state index in [9.17, 15) is 0 Å². The largest absolute Gasteiger partial charge is 0.399 e. The Kier molecular flexibility index (Phi) is 3.91. The van der Waals surface area contributed by atoms with Gasteiger partial charge in [-0.3, -0.25) is 0 Å². The summed E-state index contributed by atoms with van der Waals surface area (Å²) in [7, 11) is 0. The van der Waals surface area contributed by atoms with Gasteiger partial charge in [-0.2, -0.15) is 0 Å². The van der Waals surface area contributed by atoms with Crippen LogP contribution in [0.3, 0.4) is 0 Å². The van der Waals surface area contributed by atoms with Crippen molar-refractivity contribution in [3.8, 4) is 0 Å². The van der Waals surface area contributed by atoms with Gasteiger partial charge in [-0.05, 0) is 43.2 Å². The molecule has 3 rings (SSSR count). The molecule has 0 spiro atoms. The molecule has 0 aliphatic heterocycles. The third kappa shape index (κ3) is 2.79. The van der Waals surface area contributed by atoms with Crippen LogP contribution in [0.15, 0.2) is 54.6 Å². The zero-order valence-corrected chi connectivity index (χ0v) is 11.8. The Morgan fingerprint density at radius 1 is 0.800 bits per heavy atom. The minimum absolute atomic E-state index is 0.591. The van der Waals surface area contributed by atoms with Gasteiger partial charge in [0.25, 0.3) is 0 Å². The molecule has 0 bridgehead atoms. The van der Waals surface area contributed by atoms with E-state index in [1.165, 1.54) is 43.5 Å². The Hall–Kier alpha value is -1.96. The lowest BCUT2D eigenvalue weighted by molar-refractivity contribution is 0.436. The van der Waals surface area contributed by atoms with Crippen LogP contribution in [0.1, 0.15) is 32.1 Å². The SMILES string of the molecule is Nc1cccc(N(c2ccccc2)C2CCCCC2)c1. The molecule has 2 aromatic carbocycles. The topological polar surface area (TPSA) is 29.3 Å². The van der Waals surface area contributed by atoms with E-state index in [4.69, 9.17) is 5.73 Å². The summed E-state index contributed by atoms with van der Waals surface area (Å²) in [4.78, 5) is 2.47. The van der Waals surface area contributed by atoms with Crippen LogP contribution in [0.25, 0.3) is 0 Å². The first-order valence-electron chi connectivity index (χ1n) is 7.54. The molecular weight excluding hydrogens is 244 g/mol. The maximum absolute atomic E-state index is 5.98. The highest BCUT2D eigenvalue weighted by atomic mass is 15.2. The number of anilines is 3. The average Bonchev–Trinajstić information content (AvgIpc) is 2.50.